The van der Waals surface area contributed by atoms with Crippen LogP contribution in [0.4, 0.5) is 0 Å². The van der Waals surface area contributed by atoms with Crippen LogP contribution in [0.1, 0.15) is 35.1 Å². The molecule has 0 N–H and O–H groups in total. The first-order valence-corrected chi connectivity index (χ1v) is 6.46. The third-order valence-electron chi connectivity index (χ3n) is 3.42. The van der Waals surface area contributed by atoms with Crippen molar-refractivity contribution in [3.8, 4) is 0 Å². The van der Waals surface area contributed by atoms with Gasteiger partial charge in [-0.3, -0.25) is 9.48 Å². The summed E-state index contributed by atoms with van der Waals surface area (Å²) >= 11 is 0. The van der Waals surface area contributed by atoms with Crippen LogP contribution in [0, 0.1) is 6.92 Å². The van der Waals surface area contributed by atoms with Gasteiger partial charge < -0.3 is 9.42 Å². The van der Waals surface area contributed by atoms with Crippen LogP contribution in [-0.2, 0) is 0 Å². The Bertz CT molecular complexity index is 561. The third kappa shape index (κ3) is 2.38. The summed E-state index contributed by atoms with van der Waals surface area (Å²) in [6.45, 7) is 3.24. The van der Waals surface area contributed by atoms with Gasteiger partial charge >= 0.3 is 0 Å². The van der Waals surface area contributed by atoms with Gasteiger partial charge in [0.05, 0.1) is 11.7 Å². The van der Waals surface area contributed by atoms with E-state index in [1.807, 2.05) is 28.8 Å². The lowest BCUT2D eigenvalue weighted by atomic mass is 10.1. The number of hydrogen-bond acceptors (Lipinski definition) is 4. The zero-order valence-electron chi connectivity index (χ0n) is 10.8. The molecular formula is C13H16N4O2. The van der Waals surface area contributed by atoms with Crippen molar-refractivity contribution in [1.82, 2.24) is 19.8 Å². The van der Waals surface area contributed by atoms with Crippen LogP contribution in [0.25, 0.3) is 0 Å². The molecule has 3 rings (SSSR count). The van der Waals surface area contributed by atoms with E-state index in [1.165, 1.54) is 0 Å². The van der Waals surface area contributed by atoms with Crippen molar-refractivity contribution < 1.29 is 9.32 Å². The fourth-order valence-electron chi connectivity index (χ4n) is 2.47. The van der Waals surface area contributed by atoms with Gasteiger partial charge in [0.15, 0.2) is 0 Å². The lowest BCUT2D eigenvalue weighted by Gasteiger charge is -2.32. The number of aromatic nitrogens is 3. The third-order valence-corrected chi connectivity index (χ3v) is 3.42. The Kier molecular flexibility index (Phi) is 3.06. The number of piperidine rings is 1. The highest BCUT2D eigenvalue weighted by molar-refractivity contribution is 5.91. The number of aryl methyl sites for hydroxylation is 1. The fraction of sp³-hybridized carbons (Fsp3) is 0.462. The van der Waals surface area contributed by atoms with Crippen molar-refractivity contribution in [2.24, 2.45) is 0 Å². The molecule has 0 bridgehead atoms. The van der Waals surface area contributed by atoms with Crippen LogP contribution < -0.4 is 0 Å². The lowest BCUT2D eigenvalue weighted by molar-refractivity contribution is 0.0631. The summed E-state index contributed by atoms with van der Waals surface area (Å²) in [7, 11) is 0. The molecule has 0 aromatic carbocycles. The molecule has 1 unspecified atom stereocenters. The van der Waals surface area contributed by atoms with Crippen molar-refractivity contribution in [2.45, 2.75) is 25.8 Å². The van der Waals surface area contributed by atoms with Crippen LogP contribution >= 0.6 is 0 Å². The summed E-state index contributed by atoms with van der Waals surface area (Å²) in [5.74, 6) is 0.232. The summed E-state index contributed by atoms with van der Waals surface area (Å²) in [6, 6.07) is 3.83. The second-order valence-corrected chi connectivity index (χ2v) is 4.87. The first-order valence-electron chi connectivity index (χ1n) is 6.46. The van der Waals surface area contributed by atoms with Crippen LogP contribution in [0.15, 0.2) is 29.0 Å². The predicted octanol–water partition coefficient (Wildman–Crippen LogP) is 1.66. The SMILES string of the molecule is Cc1cc(C(=O)N2CCCC(n3cccn3)C2)on1. The summed E-state index contributed by atoms with van der Waals surface area (Å²) in [4.78, 5) is 14.1. The summed E-state index contributed by atoms with van der Waals surface area (Å²) in [5, 5.41) is 8.01. The first-order chi connectivity index (χ1) is 9.24. The summed E-state index contributed by atoms with van der Waals surface area (Å²) < 4.78 is 6.96. The second-order valence-electron chi connectivity index (χ2n) is 4.87. The van der Waals surface area contributed by atoms with Gasteiger partial charge in [-0.2, -0.15) is 5.10 Å². The smallest absolute Gasteiger partial charge is 0.292 e. The topological polar surface area (TPSA) is 64.2 Å². The molecule has 1 saturated heterocycles. The van der Waals surface area contributed by atoms with Crippen LogP contribution in [0.5, 0.6) is 0 Å². The van der Waals surface area contributed by atoms with Gasteiger partial charge in [0.25, 0.3) is 5.91 Å². The molecule has 1 fully saturated rings. The number of amides is 1. The first kappa shape index (κ1) is 12.0. The Morgan fingerprint density at radius 1 is 1.53 bits per heavy atom. The van der Waals surface area contributed by atoms with Gasteiger partial charge in [-0.15, -0.1) is 0 Å². The maximum Gasteiger partial charge on any atom is 0.292 e. The Morgan fingerprint density at radius 2 is 2.42 bits per heavy atom. The van der Waals surface area contributed by atoms with E-state index in [0.717, 1.165) is 25.1 Å². The van der Waals surface area contributed by atoms with Gasteiger partial charge in [-0.05, 0) is 25.8 Å². The molecule has 1 aliphatic heterocycles. The van der Waals surface area contributed by atoms with Crippen molar-refractivity contribution in [1.29, 1.82) is 0 Å². The minimum Gasteiger partial charge on any atom is -0.351 e. The summed E-state index contributed by atoms with van der Waals surface area (Å²) in [6.07, 6.45) is 5.72. The van der Waals surface area contributed by atoms with Crippen molar-refractivity contribution in [3.63, 3.8) is 0 Å². The van der Waals surface area contributed by atoms with Crippen molar-refractivity contribution in [2.75, 3.05) is 13.1 Å². The highest BCUT2D eigenvalue weighted by Gasteiger charge is 2.27. The number of hydrogen-bond donors (Lipinski definition) is 0. The molecule has 0 spiro atoms. The number of carbonyl (C=O) groups excluding carboxylic acids is 1. The van der Waals surface area contributed by atoms with E-state index in [4.69, 9.17) is 4.52 Å². The predicted molar refractivity (Wildman–Crippen MR) is 67.6 cm³/mol. The molecule has 0 saturated carbocycles. The van der Waals surface area contributed by atoms with Crippen LogP contribution in [0.2, 0.25) is 0 Å². The Hall–Kier alpha value is -2.11. The van der Waals surface area contributed by atoms with Gasteiger partial charge in [-0.1, -0.05) is 5.16 Å². The maximum atomic E-state index is 12.3. The molecular weight excluding hydrogens is 244 g/mol. The number of carbonyl (C=O) groups is 1. The number of rotatable bonds is 2. The molecule has 0 radical (unpaired) electrons. The van der Waals surface area contributed by atoms with Gasteiger partial charge in [-0.25, -0.2) is 0 Å². The maximum absolute atomic E-state index is 12.3. The van der Waals surface area contributed by atoms with Gasteiger partial charge in [0, 0.05) is 31.5 Å². The van der Waals surface area contributed by atoms with Gasteiger partial charge in [0.2, 0.25) is 5.76 Å². The van der Waals surface area contributed by atoms with Crippen LogP contribution in [-0.4, -0.2) is 38.8 Å². The van der Waals surface area contributed by atoms with Crippen LogP contribution in [0.3, 0.4) is 0 Å². The number of likely N-dealkylation sites (tertiary alicyclic amines) is 1. The highest BCUT2D eigenvalue weighted by Crippen LogP contribution is 2.22. The molecule has 6 heteroatoms. The molecule has 3 heterocycles. The van der Waals surface area contributed by atoms with E-state index >= 15 is 0 Å². The fourth-order valence-corrected chi connectivity index (χ4v) is 2.47. The minimum atomic E-state index is -0.0857. The lowest BCUT2D eigenvalue weighted by Crippen LogP contribution is -2.40. The largest absolute Gasteiger partial charge is 0.351 e. The highest BCUT2D eigenvalue weighted by atomic mass is 16.5. The summed E-state index contributed by atoms with van der Waals surface area (Å²) in [5.41, 5.74) is 0.726. The molecule has 2 aromatic rings. The Balaban J connectivity index is 1.73. The Morgan fingerprint density at radius 3 is 3.11 bits per heavy atom. The minimum absolute atomic E-state index is 0.0857. The molecule has 1 amide bonds. The molecule has 19 heavy (non-hydrogen) atoms. The zero-order chi connectivity index (χ0) is 13.2. The average molecular weight is 260 g/mol. The quantitative estimate of drug-likeness (QED) is 0.823. The van der Waals surface area contributed by atoms with E-state index in [1.54, 1.807) is 12.3 Å². The molecule has 6 nitrogen and oxygen atoms in total. The normalized spacial score (nSPS) is 19.6. The molecule has 2 aromatic heterocycles. The van der Waals surface area contributed by atoms with E-state index in [-0.39, 0.29) is 11.9 Å². The van der Waals surface area contributed by atoms with Crippen molar-refractivity contribution >= 4 is 5.91 Å². The molecule has 100 valence electrons. The monoisotopic (exact) mass is 260 g/mol. The van der Waals surface area contributed by atoms with E-state index in [2.05, 4.69) is 10.3 Å². The standard InChI is InChI=1S/C13H16N4O2/c1-10-8-12(19-15-10)13(18)16-6-2-4-11(9-16)17-7-3-5-14-17/h3,5,7-8,11H,2,4,6,9H2,1H3. The second kappa shape index (κ2) is 4.87. The van der Waals surface area contributed by atoms with Crippen molar-refractivity contribution in [3.05, 3.63) is 36.0 Å². The molecule has 1 aliphatic rings. The van der Waals surface area contributed by atoms with E-state index in [9.17, 15) is 4.79 Å². The number of nitrogens with zero attached hydrogens (tertiary/aromatic N) is 4. The zero-order valence-corrected chi connectivity index (χ0v) is 10.8. The molecule has 1 atom stereocenters. The van der Waals surface area contributed by atoms with Gasteiger partial charge in [0.1, 0.15) is 0 Å². The molecule has 0 aliphatic carbocycles. The average Bonchev–Trinajstić information content (AvgIpc) is 3.09. The van der Waals surface area contributed by atoms with E-state index < -0.39 is 0 Å². The Labute approximate surface area is 111 Å². The van der Waals surface area contributed by atoms with E-state index in [0.29, 0.717) is 12.3 Å².